The highest BCUT2D eigenvalue weighted by Gasteiger charge is 2.08. The number of aromatic nitrogens is 1. The van der Waals surface area contributed by atoms with Crippen molar-refractivity contribution in [2.24, 2.45) is 0 Å². The average molecular weight is 257 g/mol. The van der Waals surface area contributed by atoms with Crippen LogP contribution in [0, 0.1) is 5.82 Å². The predicted molar refractivity (Wildman–Crippen MR) is 66.1 cm³/mol. The Bertz CT molecular complexity index is 469. The summed E-state index contributed by atoms with van der Waals surface area (Å²) in [5, 5.41) is 2.77. The summed E-state index contributed by atoms with van der Waals surface area (Å²) >= 11 is 7.21. The summed E-state index contributed by atoms with van der Waals surface area (Å²) in [5.74, 6) is 0.172. The second-order valence-electron chi connectivity index (χ2n) is 3.29. The molecule has 0 saturated heterocycles. The predicted octanol–water partition coefficient (Wildman–Crippen LogP) is 3.79. The smallest absolute Gasteiger partial charge is 0.189 e. The van der Waals surface area contributed by atoms with Gasteiger partial charge in [0.1, 0.15) is 5.82 Å². The molecule has 5 heteroatoms. The Morgan fingerprint density at radius 3 is 2.62 bits per heavy atom. The minimum Gasteiger partial charge on any atom is -0.321 e. The van der Waals surface area contributed by atoms with E-state index in [4.69, 9.17) is 11.6 Å². The molecule has 0 unspecified atom stereocenters. The number of anilines is 2. The number of benzene rings is 1. The first-order chi connectivity index (χ1) is 7.70. The number of nitrogens with zero attached hydrogens (tertiary/aromatic N) is 2. The van der Waals surface area contributed by atoms with Crippen molar-refractivity contribution >= 4 is 33.8 Å². The van der Waals surface area contributed by atoms with Gasteiger partial charge in [-0.05, 0) is 24.3 Å². The third kappa shape index (κ3) is 2.33. The number of alkyl halides is 1. The van der Waals surface area contributed by atoms with Gasteiger partial charge < -0.3 is 4.90 Å². The summed E-state index contributed by atoms with van der Waals surface area (Å²) in [5.41, 5.74) is 1.76. The van der Waals surface area contributed by atoms with E-state index in [0.717, 1.165) is 16.5 Å². The van der Waals surface area contributed by atoms with Crippen LogP contribution < -0.4 is 4.90 Å². The minimum atomic E-state index is -0.238. The molecule has 0 aliphatic rings. The summed E-state index contributed by atoms with van der Waals surface area (Å²) in [6, 6.07) is 6.30. The molecule has 0 bridgehead atoms. The Morgan fingerprint density at radius 2 is 2.06 bits per heavy atom. The molecule has 0 amide bonds. The summed E-state index contributed by atoms with van der Waals surface area (Å²) in [7, 11) is 1.89. The second kappa shape index (κ2) is 4.80. The Hall–Kier alpha value is -1.13. The topological polar surface area (TPSA) is 16.1 Å². The van der Waals surface area contributed by atoms with Crippen LogP contribution in [0.25, 0.3) is 0 Å². The Morgan fingerprint density at radius 1 is 1.38 bits per heavy atom. The maximum atomic E-state index is 12.8. The van der Waals surface area contributed by atoms with Gasteiger partial charge in [-0.2, -0.15) is 0 Å². The molecule has 16 heavy (non-hydrogen) atoms. The van der Waals surface area contributed by atoms with Gasteiger partial charge in [-0.25, -0.2) is 9.37 Å². The van der Waals surface area contributed by atoms with Crippen molar-refractivity contribution in [3.05, 3.63) is 41.2 Å². The van der Waals surface area contributed by atoms with Gasteiger partial charge in [-0.3, -0.25) is 0 Å². The number of hydrogen-bond donors (Lipinski definition) is 0. The molecule has 2 rings (SSSR count). The highest BCUT2D eigenvalue weighted by Crippen LogP contribution is 2.27. The number of rotatable bonds is 3. The molecule has 2 aromatic rings. The fourth-order valence-electron chi connectivity index (χ4n) is 1.29. The third-order valence-electron chi connectivity index (χ3n) is 2.18. The highest BCUT2D eigenvalue weighted by atomic mass is 35.5. The molecule has 0 radical (unpaired) electrons. The molecule has 0 saturated carbocycles. The lowest BCUT2D eigenvalue weighted by Crippen LogP contribution is -2.08. The average Bonchev–Trinajstić information content (AvgIpc) is 2.77. The van der Waals surface area contributed by atoms with E-state index in [1.165, 1.54) is 23.5 Å². The molecule has 0 fully saturated rings. The monoisotopic (exact) mass is 256 g/mol. The van der Waals surface area contributed by atoms with Crippen LogP contribution >= 0.6 is 22.9 Å². The SMILES string of the molecule is CN(c1ccc(F)cc1)c1nc(CCl)cs1. The van der Waals surface area contributed by atoms with Gasteiger partial charge in [0, 0.05) is 18.1 Å². The van der Waals surface area contributed by atoms with Crippen LogP contribution in [0.1, 0.15) is 5.69 Å². The molecule has 0 spiro atoms. The van der Waals surface area contributed by atoms with Crippen LogP contribution in [-0.2, 0) is 5.88 Å². The van der Waals surface area contributed by atoms with Crippen LogP contribution in [0.2, 0.25) is 0 Å². The zero-order valence-corrected chi connectivity index (χ0v) is 10.2. The van der Waals surface area contributed by atoms with Gasteiger partial charge >= 0.3 is 0 Å². The van der Waals surface area contributed by atoms with Crippen molar-refractivity contribution in [2.75, 3.05) is 11.9 Å². The molecular formula is C11H10ClFN2S. The molecule has 0 N–H and O–H groups in total. The van der Waals surface area contributed by atoms with Gasteiger partial charge in [0.2, 0.25) is 0 Å². The van der Waals surface area contributed by atoms with Crippen LogP contribution in [0.5, 0.6) is 0 Å². The molecule has 1 aromatic carbocycles. The maximum Gasteiger partial charge on any atom is 0.189 e. The maximum absolute atomic E-state index is 12.8. The van der Waals surface area contributed by atoms with E-state index in [9.17, 15) is 4.39 Å². The fourth-order valence-corrected chi connectivity index (χ4v) is 2.33. The standard InChI is InChI=1S/C11H10ClFN2S/c1-15(10-4-2-8(13)3-5-10)11-14-9(6-12)7-16-11/h2-5,7H,6H2,1H3. The molecule has 1 aromatic heterocycles. The van der Waals surface area contributed by atoms with Crippen molar-refractivity contribution < 1.29 is 4.39 Å². The van der Waals surface area contributed by atoms with Crippen LogP contribution in [0.3, 0.4) is 0 Å². The Balaban J connectivity index is 2.24. The first kappa shape index (κ1) is 11.4. The van der Waals surface area contributed by atoms with Crippen molar-refractivity contribution in [1.82, 2.24) is 4.98 Å². The Labute approximate surface area is 102 Å². The summed E-state index contributed by atoms with van der Waals surface area (Å²) < 4.78 is 12.8. The normalized spacial score (nSPS) is 10.4. The first-order valence-electron chi connectivity index (χ1n) is 4.70. The summed E-state index contributed by atoms with van der Waals surface area (Å²) in [4.78, 5) is 6.25. The van der Waals surface area contributed by atoms with E-state index in [1.54, 1.807) is 12.1 Å². The van der Waals surface area contributed by atoms with Crippen molar-refractivity contribution in [1.29, 1.82) is 0 Å². The van der Waals surface area contributed by atoms with Crippen molar-refractivity contribution in [2.45, 2.75) is 5.88 Å². The van der Waals surface area contributed by atoms with E-state index in [2.05, 4.69) is 4.98 Å². The van der Waals surface area contributed by atoms with Crippen LogP contribution in [0.4, 0.5) is 15.2 Å². The lowest BCUT2D eigenvalue weighted by atomic mass is 10.3. The summed E-state index contributed by atoms with van der Waals surface area (Å²) in [6.45, 7) is 0. The van der Waals surface area contributed by atoms with Crippen LogP contribution in [-0.4, -0.2) is 12.0 Å². The fraction of sp³-hybridized carbons (Fsp3) is 0.182. The second-order valence-corrected chi connectivity index (χ2v) is 4.39. The van der Waals surface area contributed by atoms with Gasteiger partial charge in [0.15, 0.2) is 5.13 Å². The molecule has 2 nitrogen and oxygen atoms in total. The van der Waals surface area contributed by atoms with Gasteiger partial charge in [-0.1, -0.05) is 0 Å². The molecule has 0 aliphatic carbocycles. The number of halogens is 2. The zero-order valence-electron chi connectivity index (χ0n) is 8.65. The molecule has 1 heterocycles. The zero-order chi connectivity index (χ0) is 11.5. The van der Waals surface area contributed by atoms with Crippen LogP contribution in [0.15, 0.2) is 29.6 Å². The van der Waals surface area contributed by atoms with Gasteiger partial charge in [-0.15, -0.1) is 22.9 Å². The lowest BCUT2D eigenvalue weighted by Gasteiger charge is -2.15. The third-order valence-corrected chi connectivity index (χ3v) is 3.42. The summed E-state index contributed by atoms with van der Waals surface area (Å²) in [6.07, 6.45) is 0. The van der Waals surface area contributed by atoms with E-state index >= 15 is 0 Å². The Kier molecular flexibility index (Phi) is 3.41. The van der Waals surface area contributed by atoms with Gasteiger partial charge in [0.25, 0.3) is 0 Å². The van der Waals surface area contributed by atoms with E-state index in [1.807, 2.05) is 17.3 Å². The lowest BCUT2D eigenvalue weighted by molar-refractivity contribution is 0.628. The van der Waals surface area contributed by atoms with E-state index in [-0.39, 0.29) is 5.82 Å². The molecule has 0 atom stereocenters. The first-order valence-corrected chi connectivity index (χ1v) is 6.12. The molecule has 0 aliphatic heterocycles. The highest BCUT2D eigenvalue weighted by molar-refractivity contribution is 7.13. The van der Waals surface area contributed by atoms with E-state index in [0.29, 0.717) is 5.88 Å². The molecule has 84 valence electrons. The number of thiazole rings is 1. The minimum absolute atomic E-state index is 0.238. The van der Waals surface area contributed by atoms with Crippen molar-refractivity contribution in [3.8, 4) is 0 Å². The van der Waals surface area contributed by atoms with E-state index < -0.39 is 0 Å². The largest absolute Gasteiger partial charge is 0.321 e. The number of hydrogen-bond acceptors (Lipinski definition) is 3. The van der Waals surface area contributed by atoms with Gasteiger partial charge in [0.05, 0.1) is 11.6 Å². The molecular weight excluding hydrogens is 247 g/mol. The quantitative estimate of drug-likeness (QED) is 0.777. The van der Waals surface area contributed by atoms with Crippen molar-refractivity contribution in [3.63, 3.8) is 0 Å².